The summed E-state index contributed by atoms with van der Waals surface area (Å²) in [7, 11) is 0. The minimum atomic E-state index is 0.251. The quantitative estimate of drug-likeness (QED) is 0.408. The Hall–Kier alpha value is -3.57. The predicted molar refractivity (Wildman–Crippen MR) is 150 cm³/mol. The van der Waals surface area contributed by atoms with Gasteiger partial charge in [-0.25, -0.2) is 14.0 Å². The van der Waals surface area contributed by atoms with Gasteiger partial charge in [0.2, 0.25) is 0 Å². The lowest BCUT2D eigenvalue weighted by Gasteiger charge is -2.22. The van der Waals surface area contributed by atoms with Gasteiger partial charge in [-0.1, -0.05) is 58.3 Å². The average molecular weight is 535 g/mol. The molecule has 6 rings (SSSR count). The zero-order valence-electron chi connectivity index (χ0n) is 24.8. The number of aromatic nitrogens is 12. The maximum Gasteiger partial charge on any atom is 0.174 e. The van der Waals surface area contributed by atoms with Crippen LogP contribution in [0.5, 0.6) is 0 Å². The van der Waals surface area contributed by atoms with Crippen molar-refractivity contribution in [3.63, 3.8) is 0 Å². The molecule has 3 aliphatic rings. The van der Waals surface area contributed by atoms with Gasteiger partial charge in [-0.2, -0.15) is 0 Å². The van der Waals surface area contributed by atoms with Gasteiger partial charge in [-0.05, 0) is 106 Å². The Labute approximate surface area is 230 Å². The average Bonchev–Trinajstić information content (AvgIpc) is 3.45. The first-order chi connectivity index (χ1) is 18.2. The highest BCUT2D eigenvalue weighted by Gasteiger charge is 2.26. The summed E-state index contributed by atoms with van der Waals surface area (Å²) in [6, 6.07) is 0. The molecule has 0 atom stereocenters. The van der Waals surface area contributed by atoms with Gasteiger partial charge in [0.25, 0.3) is 0 Å². The second-order valence-electron chi connectivity index (χ2n) is 13.6. The molecule has 12 nitrogen and oxygen atoms in total. The maximum atomic E-state index is 3.96. The van der Waals surface area contributed by atoms with Crippen molar-refractivity contribution >= 4 is 18.2 Å². The molecule has 3 aromatic heterocycles. The summed E-state index contributed by atoms with van der Waals surface area (Å²) in [5, 5.41) is 34.7. The third-order valence-electron chi connectivity index (χ3n) is 6.81. The zero-order chi connectivity index (χ0) is 28.4. The van der Waals surface area contributed by atoms with E-state index in [-0.39, 0.29) is 16.2 Å². The Morgan fingerprint density at radius 3 is 1.00 bits per heavy atom. The standard InChI is InChI=1S/3C9H14N4/c3*1-7-4-8-10-11-12-13(8)6-9(2,3)5-7/h3*4H,5-6H2,1-3H3. The number of rotatable bonds is 0. The summed E-state index contributed by atoms with van der Waals surface area (Å²) in [6.45, 7) is 22.5. The summed E-state index contributed by atoms with van der Waals surface area (Å²) in [4.78, 5) is 0. The summed E-state index contributed by atoms with van der Waals surface area (Å²) in [6.07, 6.45) is 9.48. The summed E-state index contributed by atoms with van der Waals surface area (Å²) >= 11 is 0. The second kappa shape index (κ2) is 10.9. The van der Waals surface area contributed by atoms with Crippen molar-refractivity contribution in [2.24, 2.45) is 16.2 Å². The first-order valence-corrected chi connectivity index (χ1v) is 13.5. The van der Waals surface area contributed by atoms with Crippen LogP contribution >= 0.6 is 0 Å². The third kappa shape index (κ3) is 7.73. The maximum absolute atomic E-state index is 3.96. The molecule has 3 aromatic rings. The molecule has 0 saturated heterocycles. The Balaban J connectivity index is 0.000000136. The van der Waals surface area contributed by atoms with E-state index in [9.17, 15) is 0 Å². The number of hydrogen-bond acceptors (Lipinski definition) is 9. The third-order valence-corrected chi connectivity index (χ3v) is 6.81. The highest BCUT2D eigenvalue weighted by molar-refractivity contribution is 5.46. The lowest BCUT2D eigenvalue weighted by molar-refractivity contribution is 0.289. The number of hydrogen-bond donors (Lipinski definition) is 0. The number of allylic oxidation sites excluding steroid dienone is 3. The van der Waals surface area contributed by atoms with Crippen LogP contribution in [0, 0.1) is 16.2 Å². The molecule has 6 heterocycles. The zero-order valence-corrected chi connectivity index (χ0v) is 24.8. The molecule has 39 heavy (non-hydrogen) atoms. The molecule has 0 N–H and O–H groups in total. The van der Waals surface area contributed by atoms with E-state index in [0.717, 1.165) is 56.4 Å². The molecule has 0 radical (unpaired) electrons. The van der Waals surface area contributed by atoms with Gasteiger partial charge in [-0.3, -0.25) is 0 Å². The van der Waals surface area contributed by atoms with Crippen molar-refractivity contribution in [3.05, 3.63) is 34.2 Å². The molecule has 0 aromatic carbocycles. The van der Waals surface area contributed by atoms with E-state index in [1.54, 1.807) is 0 Å². The Kier molecular flexibility index (Phi) is 7.94. The SMILES string of the molecule is CC1=Cc2nnnn2CC(C)(C)C1.CC1=Cc2nnnn2CC(C)(C)C1.CC1=Cc2nnnn2CC(C)(C)C1. The Morgan fingerprint density at radius 1 is 0.487 bits per heavy atom. The molecule has 0 amide bonds. The largest absolute Gasteiger partial charge is 0.225 e. The smallest absolute Gasteiger partial charge is 0.174 e. The van der Waals surface area contributed by atoms with E-state index in [2.05, 4.69) is 127 Å². The fraction of sp³-hybridized carbons (Fsp3) is 0.667. The van der Waals surface area contributed by atoms with Crippen LogP contribution in [0.15, 0.2) is 16.7 Å². The van der Waals surface area contributed by atoms with Crippen molar-refractivity contribution in [3.8, 4) is 0 Å². The van der Waals surface area contributed by atoms with Crippen molar-refractivity contribution in [1.29, 1.82) is 0 Å². The molecule has 0 spiro atoms. The van der Waals surface area contributed by atoms with Crippen LogP contribution in [-0.2, 0) is 19.6 Å². The van der Waals surface area contributed by atoms with E-state index in [4.69, 9.17) is 0 Å². The van der Waals surface area contributed by atoms with Crippen molar-refractivity contribution in [1.82, 2.24) is 60.6 Å². The number of tetrazole rings is 3. The molecule has 0 fully saturated rings. The van der Waals surface area contributed by atoms with Crippen LogP contribution in [0.2, 0.25) is 0 Å². The van der Waals surface area contributed by atoms with Crippen LogP contribution in [0.25, 0.3) is 18.2 Å². The topological polar surface area (TPSA) is 131 Å². The molecule has 12 heteroatoms. The first kappa shape index (κ1) is 28.4. The molecule has 0 saturated carbocycles. The van der Waals surface area contributed by atoms with Crippen LogP contribution in [0.4, 0.5) is 0 Å². The second-order valence-corrected chi connectivity index (χ2v) is 13.6. The predicted octanol–water partition coefficient (Wildman–Crippen LogP) is 4.52. The van der Waals surface area contributed by atoms with Crippen LogP contribution < -0.4 is 0 Å². The van der Waals surface area contributed by atoms with Crippen LogP contribution in [0.3, 0.4) is 0 Å². The molecule has 210 valence electrons. The lowest BCUT2D eigenvalue weighted by atomic mass is 9.86. The van der Waals surface area contributed by atoms with E-state index in [1.165, 1.54) is 16.7 Å². The highest BCUT2D eigenvalue weighted by Crippen LogP contribution is 2.32. The molecule has 0 unspecified atom stereocenters. The molecular formula is C27H42N12. The fourth-order valence-corrected chi connectivity index (χ4v) is 5.75. The number of fused-ring (bicyclic) bond motifs is 3. The van der Waals surface area contributed by atoms with Crippen molar-refractivity contribution < 1.29 is 0 Å². The summed E-state index contributed by atoms with van der Waals surface area (Å²) in [5.41, 5.74) is 4.79. The van der Waals surface area contributed by atoms with Gasteiger partial charge in [0.05, 0.1) is 19.6 Å². The summed E-state index contributed by atoms with van der Waals surface area (Å²) in [5.74, 6) is 2.63. The van der Waals surface area contributed by atoms with Gasteiger partial charge in [0.15, 0.2) is 17.5 Å². The molecule has 0 bridgehead atoms. The normalized spacial score (nSPS) is 20.4. The van der Waals surface area contributed by atoms with Gasteiger partial charge in [0, 0.05) is 0 Å². The summed E-state index contributed by atoms with van der Waals surface area (Å²) < 4.78 is 5.61. The Morgan fingerprint density at radius 2 is 0.744 bits per heavy atom. The minimum absolute atomic E-state index is 0.251. The van der Waals surface area contributed by atoms with Crippen molar-refractivity contribution in [2.75, 3.05) is 0 Å². The molecule has 0 aliphatic carbocycles. The molecular weight excluding hydrogens is 492 g/mol. The minimum Gasteiger partial charge on any atom is -0.225 e. The van der Waals surface area contributed by atoms with E-state index >= 15 is 0 Å². The fourth-order valence-electron chi connectivity index (χ4n) is 5.75. The van der Waals surface area contributed by atoms with Gasteiger partial charge in [-0.15, -0.1) is 15.3 Å². The van der Waals surface area contributed by atoms with Crippen LogP contribution in [-0.4, -0.2) is 60.6 Å². The van der Waals surface area contributed by atoms with Crippen molar-refractivity contribution in [2.45, 2.75) is 101 Å². The number of nitrogens with zero attached hydrogens (tertiary/aromatic N) is 12. The van der Waals surface area contributed by atoms with Gasteiger partial charge in [0.1, 0.15) is 0 Å². The van der Waals surface area contributed by atoms with E-state index in [1.807, 2.05) is 14.0 Å². The Bertz CT molecular complexity index is 1210. The molecule has 3 aliphatic heterocycles. The van der Waals surface area contributed by atoms with Crippen LogP contribution in [0.1, 0.15) is 99.0 Å². The van der Waals surface area contributed by atoms with E-state index in [0.29, 0.717) is 0 Å². The highest BCUT2D eigenvalue weighted by atomic mass is 15.6. The monoisotopic (exact) mass is 534 g/mol. The lowest BCUT2D eigenvalue weighted by Crippen LogP contribution is -2.19. The first-order valence-electron chi connectivity index (χ1n) is 13.5. The van der Waals surface area contributed by atoms with Gasteiger partial charge >= 0.3 is 0 Å². The van der Waals surface area contributed by atoms with Gasteiger partial charge < -0.3 is 0 Å². The van der Waals surface area contributed by atoms with E-state index < -0.39 is 0 Å².